The lowest BCUT2D eigenvalue weighted by Gasteiger charge is -2.35. The van der Waals surface area contributed by atoms with E-state index in [0.717, 1.165) is 40.1 Å². The molecular weight excluding hydrogens is 502 g/mol. The smallest absolute Gasteiger partial charge is 0.309 e. The van der Waals surface area contributed by atoms with Crippen LogP contribution >= 0.6 is 11.3 Å². The summed E-state index contributed by atoms with van der Waals surface area (Å²) in [6, 6.07) is 5.92. The Bertz CT molecular complexity index is 1190. The topological polar surface area (TPSA) is 109 Å². The number of hydrogen-bond donors (Lipinski definition) is 2. The van der Waals surface area contributed by atoms with E-state index in [0.29, 0.717) is 12.8 Å². The highest BCUT2D eigenvalue weighted by molar-refractivity contribution is 7.18. The van der Waals surface area contributed by atoms with Crippen LogP contribution < -0.4 is 0 Å². The molecule has 3 heterocycles. The summed E-state index contributed by atoms with van der Waals surface area (Å²) >= 11 is 1.61. The van der Waals surface area contributed by atoms with Crippen molar-refractivity contribution in [3.8, 4) is 0 Å². The van der Waals surface area contributed by atoms with E-state index in [9.17, 15) is 19.8 Å². The number of carbonyl (C=O) groups is 2. The van der Waals surface area contributed by atoms with Crippen molar-refractivity contribution in [1.82, 2.24) is 4.98 Å². The number of aromatic nitrogens is 1. The molecular formula is C30H41NO6S. The number of nitrogens with zero attached hydrogens (tertiary/aromatic N) is 1. The number of benzene rings is 1. The number of epoxide rings is 1. The van der Waals surface area contributed by atoms with Crippen molar-refractivity contribution in [3.05, 3.63) is 41.4 Å². The van der Waals surface area contributed by atoms with E-state index in [2.05, 4.69) is 18.5 Å². The predicted molar refractivity (Wildman–Crippen MR) is 148 cm³/mol. The fourth-order valence-corrected chi connectivity index (χ4v) is 6.51. The Morgan fingerprint density at radius 3 is 2.68 bits per heavy atom. The molecule has 0 aliphatic carbocycles. The Morgan fingerprint density at radius 1 is 1.24 bits per heavy atom. The molecule has 0 unspecified atom stereocenters. The van der Waals surface area contributed by atoms with E-state index < -0.39 is 35.6 Å². The van der Waals surface area contributed by atoms with Gasteiger partial charge in [-0.1, -0.05) is 39.3 Å². The molecule has 7 atom stereocenters. The van der Waals surface area contributed by atoms with Crippen LogP contribution in [0, 0.1) is 24.2 Å². The van der Waals surface area contributed by atoms with Crippen LogP contribution in [0.25, 0.3) is 10.2 Å². The summed E-state index contributed by atoms with van der Waals surface area (Å²) in [6.45, 7) is 13.0. The largest absolute Gasteiger partial charge is 0.457 e. The Labute approximate surface area is 229 Å². The van der Waals surface area contributed by atoms with Crippen molar-refractivity contribution < 1.29 is 29.3 Å². The summed E-state index contributed by atoms with van der Waals surface area (Å²) in [7, 11) is 0. The molecule has 2 N–H and O–H groups in total. The van der Waals surface area contributed by atoms with Crippen LogP contribution in [-0.4, -0.2) is 50.9 Å². The van der Waals surface area contributed by atoms with E-state index in [1.807, 2.05) is 32.0 Å². The van der Waals surface area contributed by atoms with Gasteiger partial charge < -0.3 is 19.7 Å². The van der Waals surface area contributed by atoms with Gasteiger partial charge in [-0.2, -0.15) is 0 Å². The normalized spacial score (nSPS) is 34.9. The van der Waals surface area contributed by atoms with Crippen LogP contribution in [0.15, 0.2) is 30.9 Å². The van der Waals surface area contributed by atoms with Crippen LogP contribution in [0.5, 0.6) is 0 Å². The Balaban J connectivity index is 1.63. The molecule has 8 heteroatoms. The lowest BCUT2D eigenvalue weighted by Crippen LogP contribution is -2.46. The molecule has 0 radical (unpaired) electrons. The summed E-state index contributed by atoms with van der Waals surface area (Å²) in [5.74, 6) is -1.68. The highest BCUT2D eigenvalue weighted by Gasteiger charge is 2.53. The van der Waals surface area contributed by atoms with Crippen LogP contribution in [0.1, 0.15) is 82.9 Å². The summed E-state index contributed by atoms with van der Waals surface area (Å²) in [5.41, 5.74) is 0.115. The SMILES string of the molecule is C=CC[C@H]1C(=O)C(C)(C)[C@@H](O)CC(=O)O[C@H](c2ccc3sc(C)nc3c2)C[C@@H]2O[C@@]2(C)CCC[C@@H](C)[C@H]1O. The number of fused-ring (bicyclic) bond motifs is 2. The van der Waals surface area contributed by atoms with Gasteiger partial charge in [-0.15, -0.1) is 17.9 Å². The highest BCUT2D eigenvalue weighted by atomic mass is 32.1. The average Bonchev–Trinajstić information content (AvgIpc) is 3.32. The van der Waals surface area contributed by atoms with Gasteiger partial charge in [-0.3, -0.25) is 9.59 Å². The van der Waals surface area contributed by atoms with Gasteiger partial charge >= 0.3 is 5.97 Å². The number of ether oxygens (including phenoxy) is 2. The van der Waals surface area contributed by atoms with Gasteiger partial charge in [0.2, 0.25) is 0 Å². The maximum atomic E-state index is 13.6. The van der Waals surface area contributed by atoms with E-state index >= 15 is 0 Å². The third-order valence-electron chi connectivity index (χ3n) is 8.54. The average molecular weight is 544 g/mol. The molecule has 38 heavy (non-hydrogen) atoms. The van der Waals surface area contributed by atoms with Gasteiger partial charge in [0.05, 0.1) is 51.0 Å². The molecule has 7 nitrogen and oxygen atoms in total. The lowest BCUT2D eigenvalue weighted by atomic mass is 9.71. The van der Waals surface area contributed by atoms with Crippen LogP contribution in [0.4, 0.5) is 0 Å². The molecule has 0 amide bonds. The molecule has 208 valence electrons. The number of allylic oxidation sites excluding steroid dienone is 1. The van der Waals surface area contributed by atoms with Crippen LogP contribution in [0.3, 0.4) is 0 Å². The zero-order chi connectivity index (χ0) is 27.8. The van der Waals surface area contributed by atoms with E-state index in [4.69, 9.17) is 9.47 Å². The first-order valence-electron chi connectivity index (χ1n) is 13.6. The molecule has 0 bridgehead atoms. The lowest BCUT2D eigenvalue weighted by molar-refractivity contribution is -0.156. The number of Topliss-reactive ketones (excluding diaryl/α,β-unsaturated/α-hetero) is 1. The number of esters is 1. The zero-order valence-corrected chi connectivity index (χ0v) is 23.9. The number of cyclic esters (lactones) is 1. The monoisotopic (exact) mass is 543 g/mol. The van der Waals surface area contributed by atoms with Crippen molar-refractivity contribution in [3.63, 3.8) is 0 Å². The molecule has 1 aromatic heterocycles. The summed E-state index contributed by atoms with van der Waals surface area (Å²) in [6.07, 6.45) is 1.71. The number of aryl methyl sites for hydroxylation is 1. The van der Waals surface area contributed by atoms with E-state index in [1.165, 1.54) is 0 Å². The minimum atomic E-state index is -1.27. The molecule has 2 aliphatic heterocycles. The maximum Gasteiger partial charge on any atom is 0.309 e. The van der Waals surface area contributed by atoms with Crippen molar-refractivity contribution in [1.29, 1.82) is 0 Å². The number of aliphatic hydroxyl groups is 2. The Hall–Kier alpha value is -2.13. The minimum Gasteiger partial charge on any atom is -0.457 e. The second kappa shape index (κ2) is 11.2. The first kappa shape index (κ1) is 28.9. The molecule has 2 fully saturated rings. The van der Waals surface area contributed by atoms with E-state index in [1.54, 1.807) is 31.3 Å². The summed E-state index contributed by atoms with van der Waals surface area (Å²) in [4.78, 5) is 31.3. The zero-order valence-electron chi connectivity index (χ0n) is 23.1. The molecule has 2 saturated heterocycles. The van der Waals surface area contributed by atoms with Crippen LogP contribution in [-0.2, 0) is 19.1 Å². The molecule has 2 aromatic rings. The van der Waals surface area contributed by atoms with Gasteiger partial charge in [-0.05, 0) is 56.7 Å². The van der Waals surface area contributed by atoms with Crippen molar-refractivity contribution in [2.24, 2.45) is 17.3 Å². The first-order valence-corrected chi connectivity index (χ1v) is 14.4. The number of aliphatic hydroxyl groups excluding tert-OH is 2. The molecule has 2 aliphatic rings. The number of thiazole rings is 1. The maximum absolute atomic E-state index is 13.6. The first-order chi connectivity index (χ1) is 17.9. The standard InChI is InChI=1S/C30H41NO6S/c1-7-9-20-27(34)17(2)10-8-13-30(6)25(37-30)15-22(19-11-12-23-21(14-19)31-18(3)38-23)36-26(33)16-24(32)29(4,5)28(20)35/h7,11-12,14,17,20,22,24-25,27,32,34H,1,8-10,13,15-16H2,2-6H3/t17-,20-,22+,24+,25+,27-,30+/m1/s1. The van der Waals surface area contributed by atoms with Crippen molar-refractivity contribution in [2.45, 2.75) is 103 Å². The summed E-state index contributed by atoms with van der Waals surface area (Å²) in [5, 5.41) is 23.2. The van der Waals surface area contributed by atoms with Crippen LogP contribution in [0.2, 0.25) is 0 Å². The Morgan fingerprint density at radius 2 is 1.97 bits per heavy atom. The van der Waals surface area contributed by atoms with E-state index in [-0.39, 0.29) is 29.8 Å². The molecule has 4 rings (SSSR count). The molecule has 1 aromatic carbocycles. The second-order valence-corrected chi connectivity index (χ2v) is 13.1. The van der Waals surface area contributed by atoms with Gasteiger partial charge in [0, 0.05) is 12.3 Å². The van der Waals surface area contributed by atoms with Crippen molar-refractivity contribution >= 4 is 33.3 Å². The molecule has 0 saturated carbocycles. The third-order valence-corrected chi connectivity index (χ3v) is 9.49. The molecule has 0 spiro atoms. The van der Waals surface area contributed by atoms with Gasteiger partial charge in [-0.25, -0.2) is 4.98 Å². The summed E-state index contributed by atoms with van der Waals surface area (Å²) < 4.78 is 13.2. The van der Waals surface area contributed by atoms with Crippen molar-refractivity contribution in [2.75, 3.05) is 0 Å². The van der Waals surface area contributed by atoms with Gasteiger partial charge in [0.15, 0.2) is 0 Å². The predicted octanol–water partition coefficient (Wildman–Crippen LogP) is 5.46. The number of carbonyl (C=O) groups excluding carboxylic acids is 2. The number of hydrogen-bond acceptors (Lipinski definition) is 8. The fourth-order valence-electron chi connectivity index (χ4n) is 5.70. The van der Waals surface area contributed by atoms with Gasteiger partial charge in [0.1, 0.15) is 11.9 Å². The quantitative estimate of drug-likeness (QED) is 0.301. The Kier molecular flexibility index (Phi) is 8.48. The number of rotatable bonds is 3. The highest BCUT2D eigenvalue weighted by Crippen LogP contribution is 2.47. The second-order valence-electron chi connectivity index (χ2n) is 11.9. The fraction of sp³-hybridized carbons (Fsp3) is 0.633. The number of ketones is 1. The van der Waals surface area contributed by atoms with Gasteiger partial charge in [0.25, 0.3) is 0 Å². The third kappa shape index (κ3) is 6.03. The minimum absolute atomic E-state index is 0.0715.